The number of para-hydroxylation sites is 5. The van der Waals surface area contributed by atoms with Crippen molar-refractivity contribution in [3.8, 4) is 34.3 Å². The van der Waals surface area contributed by atoms with Crippen molar-refractivity contribution in [2.24, 2.45) is 0 Å². The van der Waals surface area contributed by atoms with Crippen molar-refractivity contribution >= 4 is 71.1 Å². The lowest BCUT2D eigenvalue weighted by Crippen LogP contribution is -2.03. The van der Waals surface area contributed by atoms with Crippen LogP contribution in [0.1, 0.15) is 5.56 Å². The zero-order valence-corrected chi connectivity index (χ0v) is 29.5. The maximum Gasteiger partial charge on any atom is 0.188 e. The summed E-state index contributed by atoms with van der Waals surface area (Å²) in [6, 6.07) is 63.7. The number of nitriles is 1. The highest BCUT2D eigenvalue weighted by atomic mass is 15.1. The van der Waals surface area contributed by atoms with Gasteiger partial charge in [0.15, 0.2) is 5.69 Å². The summed E-state index contributed by atoms with van der Waals surface area (Å²) < 4.78 is 6.98. The molecule has 0 aliphatic heterocycles. The zero-order chi connectivity index (χ0) is 36.6. The van der Waals surface area contributed by atoms with Crippen LogP contribution in [0.2, 0.25) is 0 Å². The van der Waals surface area contributed by atoms with E-state index < -0.39 is 0 Å². The fourth-order valence-corrected chi connectivity index (χ4v) is 8.74. The lowest BCUT2D eigenvalue weighted by Gasteiger charge is -2.18. The summed E-state index contributed by atoms with van der Waals surface area (Å²) in [5, 5.41) is 17.1. The summed E-state index contributed by atoms with van der Waals surface area (Å²) >= 11 is 0. The fraction of sp³-hybridized carbons (Fsp3) is 0. The Balaban J connectivity index is 1.20. The Morgan fingerprint density at radius 3 is 1.56 bits per heavy atom. The van der Waals surface area contributed by atoms with Crippen molar-refractivity contribution in [3.63, 3.8) is 0 Å². The lowest BCUT2D eigenvalue weighted by atomic mass is 10.0. The Hall–Kier alpha value is -7.86. The van der Waals surface area contributed by atoms with Crippen molar-refractivity contribution < 1.29 is 0 Å². The van der Waals surface area contributed by atoms with Crippen LogP contribution in [0.25, 0.3) is 98.5 Å². The number of rotatable bonds is 4. The van der Waals surface area contributed by atoms with E-state index in [0.717, 1.165) is 72.1 Å². The molecule has 254 valence electrons. The van der Waals surface area contributed by atoms with Gasteiger partial charge in [-0.1, -0.05) is 109 Å². The molecule has 0 saturated carbocycles. The van der Waals surface area contributed by atoms with Gasteiger partial charge in [-0.05, 0) is 77.7 Å². The van der Waals surface area contributed by atoms with Gasteiger partial charge in [0.25, 0.3) is 0 Å². The SMILES string of the molecule is [C-]#[N+]c1ccc2c(c1)c1cccc(-n3c4ccccc4c4ccccc43)c1n2-c1cc(C#N)ccc1-c1ccc(-n2c3ccccc3c3ccccc32)cc1. The van der Waals surface area contributed by atoms with Gasteiger partial charge < -0.3 is 13.7 Å². The van der Waals surface area contributed by atoms with Gasteiger partial charge in [0, 0.05) is 38.2 Å². The molecule has 0 radical (unpaired) electrons. The van der Waals surface area contributed by atoms with Crippen molar-refractivity contribution in [2.75, 3.05) is 0 Å². The molecule has 0 unspecified atom stereocenters. The Morgan fingerprint density at radius 2 is 0.982 bits per heavy atom. The summed E-state index contributed by atoms with van der Waals surface area (Å²) in [4.78, 5) is 3.81. The largest absolute Gasteiger partial charge is 0.309 e. The molecule has 0 amide bonds. The van der Waals surface area contributed by atoms with Crippen LogP contribution in [-0.4, -0.2) is 13.7 Å². The third-order valence-electron chi connectivity index (χ3n) is 11.1. The standard InChI is InChI=1S/C50H29N5/c1-52-34-24-28-47-42(30-34)41-15-10-20-48(54-45-18-8-4-13-39(45)40-14-5-9-19-46(40)54)50(41)55(47)49-29-32(31-51)21-27-36(49)33-22-25-35(26-23-33)53-43-16-6-2-11-37(43)38-12-3-7-17-44(38)53/h2-30H. The van der Waals surface area contributed by atoms with Gasteiger partial charge in [0.05, 0.1) is 62.7 Å². The normalized spacial score (nSPS) is 11.6. The molecule has 55 heavy (non-hydrogen) atoms. The molecule has 3 heterocycles. The highest BCUT2D eigenvalue weighted by Gasteiger charge is 2.22. The number of fused-ring (bicyclic) bond motifs is 9. The Bertz CT molecular complexity index is 3350. The maximum absolute atomic E-state index is 10.3. The Labute approximate surface area is 316 Å². The van der Waals surface area contributed by atoms with E-state index in [1.807, 2.05) is 30.3 Å². The molecule has 11 aromatic rings. The van der Waals surface area contributed by atoms with Crippen LogP contribution >= 0.6 is 0 Å². The number of benzene rings is 8. The van der Waals surface area contributed by atoms with E-state index in [0.29, 0.717) is 11.3 Å². The molecule has 0 aliphatic carbocycles. The summed E-state index contributed by atoms with van der Waals surface area (Å²) in [6.45, 7) is 7.87. The van der Waals surface area contributed by atoms with Crippen LogP contribution in [0.15, 0.2) is 176 Å². The third kappa shape index (κ3) is 4.45. The highest BCUT2D eigenvalue weighted by molar-refractivity contribution is 6.16. The van der Waals surface area contributed by atoms with Gasteiger partial charge >= 0.3 is 0 Å². The van der Waals surface area contributed by atoms with Crippen LogP contribution in [0.4, 0.5) is 5.69 Å². The van der Waals surface area contributed by atoms with E-state index in [9.17, 15) is 5.26 Å². The monoisotopic (exact) mass is 699 g/mol. The highest BCUT2D eigenvalue weighted by Crippen LogP contribution is 2.43. The smallest absolute Gasteiger partial charge is 0.188 e. The number of nitrogens with zero attached hydrogens (tertiary/aromatic N) is 5. The summed E-state index contributed by atoms with van der Waals surface area (Å²) in [6.07, 6.45) is 0. The van der Waals surface area contributed by atoms with Crippen molar-refractivity contribution in [1.82, 2.24) is 13.7 Å². The lowest BCUT2D eigenvalue weighted by molar-refractivity contribution is 1.13. The zero-order valence-electron chi connectivity index (χ0n) is 29.5. The average Bonchev–Trinajstić information content (AvgIpc) is 3.89. The number of hydrogen-bond donors (Lipinski definition) is 0. The molecule has 0 N–H and O–H groups in total. The number of hydrogen-bond acceptors (Lipinski definition) is 1. The Morgan fingerprint density at radius 1 is 0.436 bits per heavy atom. The first kappa shape index (κ1) is 30.7. The fourth-order valence-electron chi connectivity index (χ4n) is 8.74. The van der Waals surface area contributed by atoms with Crippen molar-refractivity contribution in [1.29, 1.82) is 5.26 Å². The van der Waals surface area contributed by atoms with Crippen LogP contribution in [0.5, 0.6) is 0 Å². The van der Waals surface area contributed by atoms with E-state index in [1.54, 1.807) is 0 Å². The molecule has 0 atom stereocenters. The first-order chi connectivity index (χ1) is 27.2. The Kier molecular flexibility index (Phi) is 6.61. The molecule has 0 fully saturated rings. The second kappa shape index (κ2) is 11.8. The van der Waals surface area contributed by atoms with Gasteiger partial charge in [-0.3, -0.25) is 0 Å². The number of aromatic nitrogens is 3. The van der Waals surface area contributed by atoms with Crippen molar-refractivity contribution in [2.45, 2.75) is 0 Å². The predicted molar refractivity (Wildman–Crippen MR) is 226 cm³/mol. The first-order valence-corrected chi connectivity index (χ1v) is 18.3. The second-order valence-corrected chi connectivity index (χ2v) is 14.0. The minimum absolute atomic E-state index is 0.572. The van der Waals surface area contributed by atoms with Crippen LogP contribution < -0.4 is 0 Å². The molecule has 5 heteroatoms. The first-order valence-electron chi connectivity index (χ1n) is 18.3. The maximum atomic E-state index is 10.3. The van der Waals surface area contributed by atoms with Gasteiger partial charge in [-0.15, -0.1) is 0 Å². The second-order valence-electron chi connectivity index (χ2n) is 14.0. The molecule has 5 nitrogen and oxygen atoms in total. The van der Waals surface area contributed by atoms with E-state index in [2.05, 4.69) is 170 Å². The molecule has 0 spiro atoms. The van der Waals surface area contributed by atoms with Gasteiger partial charge in [-0.2, -0.15) is 5.26 Å². The molecule has 0 aliphatic rings. The van der Waals surface area contributed by atoms with Crippen molar-refractivity contribution in [3.05, 3.63) is 193 Å². The minimum atomic E-state index is 0.572. The third-order valence-corrected chi connectivity index (χ3v) is 11.1. The van der Waals surface area contributed by atoms with E-state index in [-0.39, 0.29) is 0 Å². The molecule has 0 bridgehead atoms. The average molecular weight is 700 g/mol. The van der Waals surface area contributed by atoms with Crippen LogP contribution in [-0.2, 0) is 0 Å². The van der Waals surface area contributed by atoms with Crippen LogP contribution in [0.3, 0.4) is 0 Å². The molecule has 8 aromatic carbocycles. The summed E-state index contributed by atoms with van der Waals surface area (Å²) in [7, 11) is 0. The summed E-state index contributed by atoms with van der Waals surface area (Å²) in [5.41, 5.74) is 12.7. The van der Waals surface area contributed by atoms with Gasteiger partial charge in [0.2, 0.25) is 0 Å². The molecular weight excluding hydrogens is 671 g/mol. The molecule has 0 saturated heterocycles. The van der Waals surface area contributed by atoms with Gasteiger partial charge in [0.1, 0.15) is 0 Å². The summed E-state index contributed by atoms with van der Waals surface area (Å²) in [5.74, 6) is 0. The van der Waals surface area contributed by atoms with Crippen LogP contribution in [0, 0.1) is 17.9 Å². The molecule has 3 aromatic heterocycles. The molecule has 11 rings (SSSR count). The predicted octanol–water partition coefficient (Wildman–Crippen LogP) is 13.1. The quantitative estimate of drug-likeness (QED) is 0.169. The molecular formula is C50H29N5. The topological polar surface area (TPSA) is 42.9 Å². The van der Waals surface area contributed by atoms with E-state index in [4.69, 9.17) is 6.57 Å². The van der Waals surface area contributed by atoms with E-state index >= 15 is 0 Å². The minimum Gasteiger partial charge on any atom is -0.309 e. The van der Waals surface area contributed by atoms with E-state index in [1.165, 1.54) is 21.5 Å². The van der Waals surface area contributed by atoms with Gasteiger partial charge in [-0.25, -0.2) is 4.85 Å².